The van der Waals surface area contributed by atoms with E-state index in [1.165, 1.54) is 397 Å². The molecule has 0 aliphatic carbocycles. The first-order chi connectivity index (χ1) is 67.3. The maximum Gasteiger partial charge on any atom is -0.0500 e. The van der Waals surface area contributed by atoms with Crippen molar-refractivity contribution in [3.63, 3.8) is 0 Å². The van der Waals surface area contributed by atoms with Crippen molar-refractivity contribution in [2.24, 2.45) is 23.7 Å². The van der Waals surface area contributed by atoms with Gasteiger partial charge in [-0.3, -0.25) is 0 Å². The molecule has 2 aromatic carbocycles. The SMILES string of the molecule is CCCCCCCCC(CCCCCC)Cc1cc(-c2c(F)c(F)c(-c3cc(CC(CCCCCC)CCCCCCCC)c(-c4ccc(-c5ccc(C)s5)s4)s3)c3nsnc23)sc1C.CCCCCCCCC(CCCCCC)Cc1cc(-c2c(F)c(F)c(-c3cc(CC(CCCCCC)CCCCCCCC)c(Br)s3)c3nsnc23)sc1Br.Cc1ccc(-c2cc[c]([Sn]([CH3])([CH3])[CH3])s2)s1.PP(P)P. The number of aromatic nitrogens is 4. The van der Waals surface area contributed by atoms with Crippen LogP contribution in [0.15, 0.2) is 80.4 Å². The number of benzene rings is 2. The number of halogens is 6. The van der Waals surface area contributed by atoms with Crippen LogP contribution in [-0.2, 0) is 25.7 Å². The maximum absolute atomic E-state index is 17.2. The monoisotopic (exact) mass is 2390 g/mol. The van der Waals surface area contributed by atoms with E-state index in [9.17, 15) is 0 Å². The third-order valence-corrected chi connectivity index (χ3v) is 49.0. The largest absolute Gasteiger partial charge is 0.103 e. The smallest absolute Gasteiger partial charge is 0.0500 e. The summed E-state index contributed by atoms with van der Waals surface area (Å²) in [7, 11) is 7.94. The molecule has 0 spiro atoms. The molecule has 0 bridgehead atoms. The molecule has 0 fully saturated rings. The van der Waals surface area contributed by atoms with Crippen LogP contribution < -0.4 is 2.89 Å². The molecule has 0 saturated heterocycles. The van der Waals surface area contributed by atoms with Crippen molar-refractivity contribution in [2.75, 3.05) is 0 Å². The summed E-state index contributed by atoms with van der Waals surface area (Å²) < 4.78 is 89.6. The number of fused-ring (bicyclic) bond motifs is 2. The average molecular weight is 2390 g/mol. The van der Waals surface area contributed by atoms with Crippen molar-refractivity contribution in [3.8, 4) is 71.0 Å². The van der Waals surface area contributed by atoms with E-state index in [2.05, 4.69) is 231 Å². The van der Waals surface area contributed by atoms with Gasteiger partial charge in [0.15, 0.2) is 23.3 Å². The Hall–Kier alpha value is -1.12. The van der Waals surface area contributed by atoms with Crippen LogP contribution in [-0.4, -0.2) is 35.9 Å². The summed E-state index contributed by atoms with van der Waals surface area (Å²) >= 11 is 21.7. The van der Waals surface area contributed by atoms with Crippen LogP contribution in [0, 0.1) is 67.7 Å². The molecule has 0 aliphatic heterocycles. The van der Waals surface area contributed by atoms with Crippen LogP contribution in [0.4, 0.5) is 17.6 Å². The van der Waals surface area contributed by atoms with Crippen molar-refractivity contribution in [2.45, 2.75) is 425 Å². The van der Waals surface area contributed by atoms with Crippen LogP contribution in [0.5, 0.6) is 0 Å². The molecule has 10 heterocycles. The summed E-state index contributed by atoms with van der Waals surface area (Å²) in [6, 6.07) is 26.5. The molecule has 4 nitrogen and oxygen atoms in total. The Morgan fingerprint density at radius 2 is 0.532 bits per heavy atom. The second kappa shape index (κ2) is 67.2. The van der Waals surface area contributed by atoms with E-state index < -0.39 is 41.6 Å². The number of unbranched alkanes of at least 4 members (excludes halogenated alkanes) is 32. The molecular formula is C114H168Br2F4N4P4S10Sn. The van der Waals surface area contributed by atoms with Gasteiger partial charge in [-0.15, -0.1) is 94.8 Å². The summed E-state index contributed by atoms with van der Waals surface area (Å²) in [5.74, 6) is -0.865. The fourth-order valence-electron chi connectivity index (χ4n) is 19.4. The van der Waals surface area contributed by atoms with E-state index in [1.807, 2.05) is 45.3 Å². The van der Waals surface area contributed by atoms with Crippen LogP contribution in [0.25, 0.3) is 93.1 Å². The summed E-state index contributed by atoms with van der Waals surface area (Å²) in [5, 5.41) is 0. The Morgan fingerprint density at radius 3 is 0.842 bits per heavy atom. The third-order valence-electron chi connectivity index (χ3n) is 27.4. The predicted molar refractivity (Wildman–Crippen MR) is 647 cm³/mol. The molecule has 139 heavy (non-hydrogen) atoms. The number of hydrogen-bond donors (Lipinski definition) is 0. The summed E-state index contributed by atoms with van der Waals surface area (Å²) in [4.78, 5) is 22.1. The van der Waals surface area contributed by atoms with E-state index in [4.69, 9.17) is 8.75 Å². The number of nitrogens with zero attached hydrogens (tertiary/aromatic N) is 4. The van der Waals surface area contributed by atoms with E-state index in [-0.39, 0.29) is 29.2 Å². The van der Waals surface area contributed by atoms with Crippen molar-refractivity contribution < 1.29 is 17.6 Å². The molecule has 0 saturated carbocycles. The second-order valence-corrected chi connectivity index (χ2v) is 80.3. The third kappa shape index (κ3) is 40.2. The zero-order chi connectivity index (χ0) is 100. The molecule has 0 N–H and O–H groups in total. The van der Waals surface area contributed by atoms with E-state index in [0.717, 1.165) is 76.2 Å². The van der Waals surface area contributed by atoms with Crippen molar-refractivity contribution in [1.82, 2.24) is 17.5 Å². The Labute approximate surface area is 908 Å². The number of aryl methyl sites for hydroxylation is 3. The molecule has 7 atom stereocenters. The first kappa shape index (κ1) is 121. The first-order valence-corrected chi connectivity index (χ1v) is 79.5. The molecule has 12 rings (SSSR count). The maximum atomic E-state index is 17.2. The van der Waals surface area contributed by atoms with Gasteiger partial charge in [-0.1, -0.05) is 364 Å². The first-order valence-electron chi connectivity index (χ1n) is 53.7. The Balaban J connectivity index is 0.000000263. The molecule has 10 aromatic heterocycles. The molecule has 770 valence electrons. The molecule has 25 heteroatoms. The predicted octanol–water partition coefficient (Wildman–Crippen LogP) is 46.1. The fourth-order valence-corrected chi connectivity index (χ4v) is 35.7. The minimum absolute atomic E-state index is 0.130. The summed E-state index contributed by atoms with van der Waals surface area (Å²) in [5.41, 5.74) is 7.88. The van der Waals surface area contributed by atoms with Gasteiger partial charge >= 0.3 is 105 Å². The van der Waals surface area contributed by atoms with Crippen LogP contribution in [0.1, 0.15) is 400 Å². The second-order valence-electron chi connectivity index (χ2n) is 40.4. The van der Waals surface area contributed by atoms with Gasteiger partial charge in [0.2, 0.25) is 0 Å². The van der Waals surface area contributed by atoms with Crippen molar-refractivity contribution in [1.29, 1.82) is 0 Å². The molecule has 0 radical (unpaired) electrons. The average Bonchev–Trinajstić information content (AvgIpc) is 1.60. The minimum atomic E-state index is -1.83. The topological polar surface area (TPSA) is 51.6 Å². The van der Waals surface area contributed by atoms with Gasteiger partial charge in [0, 0.05) is 48.8 Å². The van der Waals surface area contributed by atoms with Gasteiger partial charge < -0.3 is 0 Å². The van der Waals surface area contributed by atoms with Crippen LogP contribution >= 0.6 is 180 Å². The van der Waals surface area contributed by atoms with E-state index in [1.54, 1.807) is 25.6 Å². The van der Waals surface area contributed by atoms with Gasteiger partial charge in [0.1, 0.15) is 22.1 Å². The zero-order valence-electron chi connectivity index (χ0n) is 86.8. The van der Waals surface area contributed by atoms with E-state index in [0.29, 0.717) is 45.7 Å². The van der Waals surface area contributed by atoms with Gasteiger partial charge in [-0.05, 0) is 173 Å². The van der Waals surface area contributed by atoms with Gasteiger partial charge in [-0.25, -0.2) is 17.6 Å². The Bertz CT molecular complexity index is 5310. The van der Waals surface area contributed by atoms with Crippen molar-refractivity contribution >= 4 is 223 Å². The Morgan fingerprint density at radius 1 is 0.288 bits per heavy atom. The fraction of sp³-hybridized carbons (Fsp3) is 0.614. The molecule has 0 aliphatic rings. The van der Waals surface area contributed by atoms with Gasteiger partial charge in [-0.2, -0.15) is 17.5 Å². The summed E-state index contributed by atoms with van der Waals surface area (Å²) in [6.07, 6.45) is 65.2. The summed E-state index contributed by atoms with van der Waals surface area (Å²) in [6.45, 7) is 24.8. The normalized spacial score (nSPS) is 12.7. The molecule has 0 amide bonds. The zero-order valence-corrected chi connectivity index (χ0v) is 105. The molecular weight excluding hydrogens is 2220 g/mol. The van der Waals surface area contributed by atoms with E-state index >= 15 is 17.6 Å². The number of hydrogen-bond acceptors (Lipinski definition) is 14. The molecule has 7 unspecified atom stereocenters. The standard InChI is InChI=1S/C56H78F2N2S5.C46H68Br2F2N2S3.C9H7S2.3CH3.H6P4.Sn/c1-7-11-15-19-21-25-29-41(27-23-17-13-9-3)35-43-37-48(62-40(43)6)50-52(57)53(58)51(55-54(50)59-65-60-55)49-38-44(36-42(28-24-18-14-10-4)30-26-22-20-16-12-8-2)56(64-49)47-34-33-46(63-47)45-32-31-39(5)61-45;1-5-9-13-17-19-23-27-33(25-21-15-11-7-3)29-35-31-37(53-45(35)47)39-41(49)42(50)40(44-43(39)51-55-52-44)38-32-36(46(48)54-38)30-34(26-22-16-12-8-4)28-24-20-18-14-10-6-2;1-7-4-5-9(11-7)8-3-2-6-10-8;;;;1-4(2)3;/h31-34,37-38,41-42H,7-30,35-36H2,1-6H3;31-34H,5-30H2,1-4H3;2-5H,1H3;3*1H3;1-3H2;. The van der Waals surface area contributed by atoms with Crippen LogP contribution in [0.3, 0.4) is 0 Å². The van der Waals surface area contributed by atoms with Crippen molar-refractivity contribution in [3.05, 3.63) is 141 Å². The van der Waals surface area contributed by atoms with Gasteiger partial charge in [0.05, 0.1) is 53.3 Å². The minimum Gasteiger partial charge on any atom is -0.103 e. The number of thiophene rings is 8. The Kier molecular flexibility index (Phi) is 58.7. The van der Waals surface area contributed by atoms with Gasteiger partial charge in [0.25, 0.3) is 0 Å². The molecule has 12 aromatic rings. The quantitative estimate of drug-likeness (QED) is 0.0165. The van der Waals surface area contributed by atoms with Crippen LogP contribution in [0.2, 0.25) is 14.8 Å². The number of rotatable bonds is 64.